The first-order valence-electron chi connectivity index (χ1n) is 5.44. The Kier molecular flexibility index (Phi) is 3.74. The Bertz CT molecular complexity index is 148. The van der Waals surface area contributed by atoms with Gasteiger partial charge in [0.25, 0.3) is 0 Å². The van der Waals surface area contributed by atoms with Gasteiger partial charge in [-0.2, -0.15) is 0 Å². The summed E-state index contributed by atoms with van der Waals surface area (Å²) in [6.45, 7) is 6.84. The summed E-state index contributed by atoms with van der Waals surface area (Å²) in [6, 6.07) is 0. The minimum absolute atomic E-state index is 0.219. The predicted octanol–water partition coefficient (Wildman–Crippen LogP) is 2.35. The van der Waals surface area contributed by atoms with Crippen molar-refractivity contribution in [3.63, 3.8) is 0 Å². The zero-order valence-electron chi connectivity index (χ0n) is 9.05. The maximum Gasteiger partial charge on any atom is 0.0942 e. The highest BCUT2D eigenvalue weighted by Crippen LogP contribution is 2.38. The molecule has 1 N–H and O–H groups in total. The number of hydrogen-bond acceptors (Lipinski definition) is 2. The fraction of sp³-hybridized carbons (Fsp3) is 1.00. The monoisotopic (exact) mass is 186 g/mol. The molecule has 78 valence electrons. The highest BCUT2D eigenvalue weighted by molar-refractivity contribution is 4.94. The quantitative estimate of drug-likeness (QED) is 0.730. The first kappa shape index (κ1) is 11.0. The Morgan fingerprint density at radius 3 is 2.23 bits per heavy atom. The second-order valence-corrected chi connectivity index (χ2v) is 4.39. The van der Waals surface area contributed by atoms with E-state index < -0.39 is 0 Å². The molecule has 13 heavy (non-hydrogen) atoms. The molecular weight excluding hydrogens is 164 g/mol. The molecule has 2 heteroatoms. The van der Waals surface area contributed by atoms with E-state index in [0.717, 1.165) is 12.8 Å². The Morgan fingerprint density at radius 1 is 1.31 bits per heavy atom. The largest absolute Gasteiger partial charge is 0.390 e. The Balaban J connectivity index is 2.65. The smallest absolute Gasteiger partial charge is 0.0942 e. The van der Waals surface area contributed by atoms with Crippen LogP contribution in [0, 0.1) is 5.92 Å². The normalized spacial score (nSPS) is 23.8. The highest BCUT2D eigenvalue weighted by atomic mass is 16.5. The summed E-state index contributed by atoms with van der Waals surface area (Å²) in [7, 11) is 0. The van der Waals surface area contributed by atoms with Crippen molar-refractivity contribution in [2.75, 3.05) is 6.61 Å². The van der Waals surface area contributed by atoms with Gasteiger partial charge < -0.3 is 9.84 Å². The molecule has 1 aliphatic carbocycles. The molecule has 0 amide bonds. The van der Waals surface area contributed by atoms with Gasteiger partial charge >= 0.3 is 0 Å². The summed E-state index contributed by atoms with van der Waals surface area (Å²) in [5.41, 5.74) is -0.219. The van der Waals surface area contributed by atoms with Gasteiger partial charge in [-0.3, -0.25) is 0 Å². The van der Waals surface area contributed by atoms with E-state index in [-0.39, 0.29) is 11.7 Å². The van der Waals surface area contributed by atoms with Gasteiger partial charge in [0.1, 0.15) is 0 Å². The van der Waals surface area contributed by atoms with Crippen molar-refractivity contribution in [3.05, 3.63) is 0 Å². The van der Waals surface area contributed by atoms with E-state index in [0.29, 0.717) is 12.5 Å². The van der Waals surface area contributed by atoms with Crippen molar-refractivity contribution < 1.29 is 9.84 Å². The van der Waals surface area contributed by atoms with Crippen LogP contribution in [0.15, 0.2) is 0 Å². The topological polar surface area (TPSA) is 29.5 Å². The molecule has 0 aromatic rings. The van der Waals surface area contributed by atoms with Crippen molar-refractivity contribution in [2.45, 2.75) is 58.2 Å². The molecule has 0 aromatic carbocycles. The standard InChI is InChI=1S/C11H22O2/c1-4-13-11(7-5-6-8-11)10(12)9(2)3/h9-10,12H,4-8H2,1-3H3. The summed E-state index contributed by atoms with van der Waals surface area (Å²) >= 11 is 0. The van der Waals surface area contributed by atoms with Crippen LogP contribution in [0.25, 0.3) is 0 Å². The van der Waals surface area contributed by atoms with E-state index in [1.54, 1.807) is 0 Å². The van der Waals surface area contributed by atoms with Crippen LogP contribution < -0.4 is 0 Å². The lowest BCUT2D eigenvalue weighted by molar-refractivity contribution is -0.131. The second kappa shape index (κ2) is 4.43. The molecule has 0 heterocycles. The van der Waals surface area contributed by atoms with Crippen LogP contribution in [-0.4, -0.2) is 23.4 Å². The van der Waals surface area contributed by atoms with Crippen LogP contribution in [0.1, 0.15) is 46.5 Å². The third-order valence-corrected chi connectivity index (χ3v) is 3.05. The van der Waals surface area contributed by atoms with Crippen LogP contribution in [-0.2, 0) is 4.74 Å². The predicted molar refractivity (Wildman–Crippen MR) is 53.7 cm³/mol. The van der Waals surface area contributed by atoms with E-state index >= 15 is 0 Å². The lowest BCUT2D eigenvalue weighted by atomic mass is 9.87. The molecule has 1 saturated carbocycles. The van der Waals surface area contributed by atoms with Crippen LogP contribution in [0.3, 0.4) is 0 Å². The molecule has 1 aliphatic rings. The average molecular weight is 186 g/mol. The number of ether oxygens (including phenoxy) is 1. The summed E-state index contributed by atoms with van der Waals surface area (Å²) in [5.74, 6) is 0.296. The molecule has 1 atom stereocenters. The van der Waals surface area contributed by atoms with Gasteiger partial charge in [-0.25, -0.2) is 0 Å². The molecule has 1 rings (SSSR count). The molecule has 0 aromatic heterocycles. The van der Waals surface area contributed by atoms with Gasteiger partial charge in [0.05, 0.1) is 11.7 Å². The van der Waals surface area contributed by atoms with Gasteiger partial charge in [0.15, 0.2) is 0 Å². The Morgan fingerprint density at radius 2 is 1.85 bits per heavy atom. The average Bonchev–Trinajstić information content (AvgIpc) is 2.53. The maximum atomic E-state index is 10.1. The van der Waals surface area contributed by atoms with Gasteiger partial charge in [0, 0.05) is 6.61 Å². The lowest BCUT2D eigenvalue weighted by Gasteiger charge is -2.36. The van der Waals surface area contributed by atoms with Crippen molar-refractivity contribution in [1.82, 2.24) is 0 Å². The third kappa shape index (κ3) is 2.23. The Labute approximate surface area is 81.3 Å². The first-order valence-corrected chi connectivity index (χ1v) is 5.44. The van der Waals surface area contributed by atoms with Gasteiger partial charge in [-0.1, -0.05) is 26.7 Å². The number of aliphatic hydroxyl groups is 1. The number of aliphatic hydroxyl groups excluding tert-OH is 1. The van der Waals surface area contributed by atoms with E-state index in [9.17, 15) is 5.11 Å². The molecule has 0 radical (unpaired) electrons. The first-order chi connectivity index (χ1) is 6.12. The zero-order valence-corrected chi connectivity index (χ0v) is 9.05. The fourth-order valence-electron chi connectivity index (χ4n) is 2.39. The van der Waals surface area contributed by atoms with Crippen LogP contribution >= 0.6 is 0 Å². The molecule has 1 unspecified atom stereocenters. The van der Waals surface area contributed by atoms with E-state index in [4.69, 9.17) is 4.74 Å². The third-order valence-electron chi connectivity index (χ3n) is 3.05. The van der Waals surface area contributed by atoms with Crippen molar-refractivity contribution >= 4 is 0 Å². The van der Waals surface area contributed by atoms with E-state index in [1.165, 1.54) is 12.8 Å². The summed E-state index contributed by atoms with van der Waals surface area (Å²) in [5, 5.41) is 10.1. The Hall–Kier alpha value is -0.0800. The lowest BCUT2D eigenvalue weighted by Crippen LogP contribution is -2.45. The van der Waals surface area contributed by atoms with Crippen LogP contribution in [0.4, 0.5) is 0 Å². The molecular formula is C11H22O2. The summed E-state index contributed by atoms with van der Waals surface area (Å²) < 4.78 is 5.76. The van der Waals surface area contributed by atoms with Gasteiger partial charge in [0.2, 0.25) is 0 Å². The maximum absolute atomic E-state index is 10.1. The summed E-state index contributed by atoms with van der Waals surface area (Å²) in [6.07, 6.45) is 4.16. The minimum Gasteiger partial charge on any atom is -0.390 e. The van der Waals surface area contributed by atoms with Crippen molar-refractivity contribution in [3.8, 4) is 0 Å². The van der Waals surface area contributed by atoms with Gasteiger partial charge in [-0.05, 0) is 25.7 Å². The fourth-order valence-corrected chi connectivity index (χ4v) is 2.39. The SMILES string of the molecule is CCOC1(C(O)C(C)C)CCCC1. The minimum atomic E-state index is -0.296. The molecule has 0 spiro atoms. The van der Waals surface area contributed by atoms with Crippen LogP contribution in [0.5, 0.6) is 0 Å². The zero-order chi connectivity index (χ0) is 9.90. The molecule has 1 fully saturated rings. The molecule has 2 nitrogen and oxygen atoms in total. The van der Waals surface area contributed by atoms with E-state index in [1.807, 2.05) is 6.92 Å². The van der Waals surface area contributed by atoms with Crippen LogP contribution in [0.2, 0.25) is 0 Å². The number of rotatable bonds is 4. The summed E-state index contributed by atoms with van der Waals surface area (Å²) in [4.78, 5) is 0. The number of hydrogen-bond donors (Lipinski definition) is 1. The highest BCUT2D eigenvalue weighted by Gasteiger charge is 2.42. The molecule has 0 bridgehead atoms. The van der Waals surface area contributed by atoms with Gasteiger partial charge in [-0.15, -0.1) is 0 Å². The van der Waals surface area contributed by atoms with E-state index in [2.05, 4.69) is 13.8 Å². The second-order valence-electron chi connectivity index (χ2n) is 4.39. The molecule has 0 aliphatic heterocycles. The van der Waals surface area contributed by atoms with Crippen molar-refractivity contribution in [1.29, 1.82) is 0 Å². The van der Waals surface area contributed by atoms with Crippen molar-refractivity contribution in [2.24, 2.45) is 5.92 Å². The molecule has 0 saturated heterocycles.